The van der Waals surface area contributed by atoms with Crippen molar-refractivity contribution >= 4 is 17.4 Å². The van der Waals surface area contributed by atoms with Crippen LogP contribution in [0.1, 0.15) is 49.9 Å². The molecule has 0 radical (unpaired) electrons. The van der Waals surface area contributed by atoms with E-state index in [1.807, 2.05) is 20.8 Å². The number of carbonyl (C=O) groups excluding carboxylic acids is 2. The highest BCUT2D eigenvalue weighted by molar-refractivity contribution is 6.46. The van der Waals surface area contributed by atoms with Crippen molar-refractivity contribution in [1.82, 2.24) is 9.80 Å². The summed E-state index contributed by atoms with van der Waals surface area (Å²) < 4.78 is 19.9. The smallest absolute Gasteiger partial charge is 0.295 e. The van der Waals surface area contributed by atoms with Gasteiger partial charge in [-0.3, -0.25) is 9.59 Å². The first kappa shape index (κ1) is 25.4. The van der Waals surface area contributed by atoms with Crippen LogP contribution in [0.3, 0.4) is 0 Å². The van der Waals surface area contributed by atoms with Crippen LogP contribution in [0.25, 0.3) is 5.76 Å². The van der Waals surface area contributed by atoms with Gasteiger partial charge >= 0.3 is 0 Å². The van der Waals surface area contributed by atoms with E-state index in [1.165, 1.54) is 17.0 Å². The molecule has 0 aromatic heterocycles. The number of Topliss-reactive ketones (excluding diaryl/α,β-unsaturated/α-hetero) is 1. The lowest BCUT2D eigenvalue weighted by atomic mass is 9.95. The average Bonchev–Trinajstić information content (AvgIpc) is 3.10. The minimum atomic E-state index is -0.778. The topological polar surface area (TPSA) is 70.1 Å². The van der Waals surface area contributed by atoms with E-state index < -0.39 is 23.5 Å². The molecule has 1 fully saturated rings. The standard InChI is InChI=1S/C27H33FN2O4/c1-5-16-34-21-12-10-19(11-13-21)24-23(25(31)20-9-8-18(4)22(28)17-20)26(32)27(33)30(24)15-14-29(6-2)7-3/h8-13,17,24,31H,5-7,14-16H2,1-4H3/t24-/m1/s1. The second-order valence-electron chi connectivity index (χ2n) is 8.40. The van der Waals surface area contributed by atoms with E-state index >= 15 is 0 Å². The van der Waals surface area contributed by atoms with Crippen LogP contribution in [0.4, 0.5) is 4.39 Å². The number of carbonyl (C=O) groups is 2. The summed E-state index contributed by atoms with van der Waals surface area (Å²) in [5, 5.41) is 11.1. The van der Waals surface area contributed by atoms with E-state index in [2.05, 4.69) is 4.90 Å². The van der Waals surface area contributed by atoms with Crippen molar-refractivity contribution in [3.05, 3.63) is 70.5 Å². The highest BCUT2D eigenvalue weighted by Gasteiger charge is 2.46. The van der Waals surface area contributed by atoms with Crippen molar-refractivity contribution in [2.75, 3.05) is 32.8 Å². The Hall–Kier alpha value is -3.19. The van der Waals surface area contributed by atoms with Gasteiger partial charge in [0.1, 0.15) is 17.3 Å². The van der Waals surface area contributed by atoms with Crippen LogP contribution < -0.4 is 4.74 Å². The molecule has 1 aliphatic rings. The first-order valence-electron chi connectivity index (χ1n) is 11.8. The molecule has 0 bridgehead atoms. The lowest BCUT2D eigenvalue weighted by molar-refractivity contribution is -0.140. The number of rotatable bonds is 10. The third-order valence-electron chi connectivity index (χ3n) is 6.21. The molecule has 2 aromatic carbocycles. The first-order chi connectivity index (χ1) is 16.3. The fraction of sp³-hybridized carbons (Fsp3) is 0.407. The van der Waals surface area contributed by atoms with Gasteiger partial charge in [-0.2, -0.15) is 0 Å². The largest absolute Gasteiger partial charge is 0.507 e. The maximum Gasteiger partial charge on any atom is 0.295 e. The van der Waals surface area contributed by atoms with Crippen LogP contribution in [-0.4, -0.2) is 59.4 Å². The number of halogens is 1. The SMILES string of the molecule is CCCOc1ccc([C@@H]2C(=C(O)c3ccc(C)c(F)c3)C(=O)C(=O)N2CCN(CC)CC)cc1. The van der Waals surface area contributed by atoms with Gasteiger partial charge < -0.3 is 19.6 Å². The molecule has 0 unspecified atom stereocenters. The third-order valence-corrected chi connectivity index (χ3v) is 6.21. The molecule has 1 N–H and O–H groups in total. The number of likely N-dealkylation sites (tertiary alicyclic amines) is 1. The fourth-order valence-corrected chi connectivity index (χ4v) is 4.11. The van der Waals surface area contributed by atoms with Crippen molar-refractivity contribution in [3.63, 3.8) is 0 Å². The summed E-state index contributed by atoms with van der Waals surface area (Å²) in [4.78, 5) is 29.8. The number of benzene rings is 2. The second kappa shape index (κ2) is 11.3. The molecule has 1 aliphatic heterocycles. The van der Waals surface area contributed by atoms with E-state index in [9.17, 15) is 19.1 Å². The minimum absolute atomic E-state index is 0.0324. The first-order valence-corrected chi connectivity index (χ1v) is 11.8. The van der Waals surface area contributed by atoms with Gasteiger partial charge in [0.05, 0.1) is 18.2 Å². The van der Waals surface area contributed by atoms with Gasteiger partial charge in [0.25, 0.3) is 11.7 Å². The number of ether oxygens (including phenoxy) is 1. The molecule has 0 spiro atoms. The van der Waals surface area contributed by atoms with E-state index in [0.29, 0.717) is 36.6 Å². The van der Waals surface area contributed by atoms with Crippen LogP contribution in [-0.2, 0) is 9.59 Å². The van der Waals surface area contributed by atoms with E-state index in [-0.39, 0.29) is 16.9 Å². The number of ketones is 1. The molecule has 1 saturated heterocycles. The fourth-order valence-electron chi connectivity index (χ4n) is 4.11. The zero-order valence-corrected chi connectivity index (χ0v) is 20.3. The van der Waals surface area contributed by atoms with Crippen molar-refractivity contribution in [3.8, 4) is 5.75 Å². The van der Waals surface area contributed by atoms with Crippen molar-refractivity contribution in [2.45, 2.75) is 40.2 Å². The molecular formula is C27H33FN2O4. The summed E-state index contributed by atoms with van der Waals surface area (Å²) in [7, 11) is 0. The Morgan fingerprint density at radius 3 is 2.35 bits per heavy atom. The molecule has 3 rings (SSSR count). The van der Waals surface area contributed by atoms with E-state index in [0.717, 1.165) is 19.5 Å². The van der Waals surface area contributed by atoms with Gasteiger partial charge in [-0.15, -0.1) is 0 Å². The van der Waals surface area contributed by atoms with Crippen LogP contribution >= 0.6 is 0 Å². The van der Waals surface area contributed by atoms with Crippen LogP contribution in [0, 0.1) is 12.7 Å². The van der Waals surface area contributed by atoms with Gasteiger partial charge in [-0.25, -0.2) is 4.39 Å². The number of aryl methyl sites for hydroxylation is 1. The molecule has 34 heavy (non-hydrogen) atoms. The lowest BCUT2D eigenvalue weighted by Crippen LogP contribution is -2.38. The Bertz CT molecular complexity index is 1060. The molecule has 0 aliphatic carbocycles. The van der Waals surface area contributed by atoms with Crippen LogP contribution in [0.15, 0.2) is 48.0 Å². The number of hydrogen-bond acceptors (Lipinski definition) is 5. The number of aliphatic hydroxyl groups is 1. The van der Waals surface area contributed by atoms with Gasteiger partial charge in [0.15, 0.2) is 0 Å². The Balaban J connectivity index is 2.07. The molecule has 0 saturated carbocycles. The summed E-state index contributed by atoms with van der Waals surface area (Å²) in [6, 6.07) is 10.7. The number of aliphatic hydroxyl groups excluding tert-OH is 1. The summed E-state index contributed by atoms with van der Waals surface area (Å²) in [6.07, 6.45) is 0.875. The third kappa shape index (κ3) is 5.30. The molecule has 2 aromatic rings. The van der Waals surface area contributed by atoms with Crippen molar-refractivity contribution in [1.29, 1.82) is 0 Å². The molecule has 7 heteroatoms. The Morgan fingerprint density at radius 1 is 1.09 bits per heavy atom. The predicted octanol–water partition coefficient (Wildman–Crippen LogP) is 4.69. The van der Waals surface area contributed by atoms with Gasteiger partial charge in [-0.1, -0.05) is 45.0 Å². The van der Waals surface area contributed by atoms with Gasteiger partial charge in [-0.05, 0) is 55.8 Å². The lowest BCUT2D eigenvalue weighted by Gasteiger charge is -2.28. The molecule has 1 atom stereocenters. The number of amides is 1. The number of hydrogen-bond donors (Lipinski definition) is 1. The summed E-state index contributed by atoms with van der Waals surface area (Å²) in [5.41, 5.74) is 1.24. The summed E-state index contributed by atoms with van der Waals surface area (Å²) in [5.74, 6) is -1.62. The maximum atomic E-state index is 14.2. The van der Waals surface area contributed by atoms with E-state index in [4.69, 9.17) is 4.74 Å². The summed E-state index contributed by atoms with van der Waals surface area (Å²) >= 11 is 0. The minimum Gasteiger partial charge on any atom is -0.507 e. The zero-order valence-electron chi connectivity index (χ0n) is 20.3. The molecule has 1 heterocycles. The molecular weight excluding hydrogens is 435 g/mol. The normalized spacial score (nSPS) is 17.6. The Labute approximate surface area is 200 Å². The van der Waals surface area contributed by atoms with Crippen molar-refractivity contribution < 1.29 is 23.8 Å². The van der Waals surface area contributed by atoms with Gasteiger partial charge in [0, 0.05) is 18.7 Å². The zero-order chi connectivity index (χ0) is 24.8. The van der Waals surface area contributed by atoms with E-state index in [1.54, 1.807) is 37.3 Å². The summed E-state index contributed by atoms with van der Waals surface area (Å²) in [6.45, 7) is 10.8. The van der Waals surface area contributed by atoms with Gasteiger partial charge in [0.2, 0.25) is 0 Å². The highest BCUT2D eigenvalue weighted by atomic mass is 19.1. The Kier molecular flexibility index (Phi) is 8.45. The van der Waals surface area contributed by atoms with Crippen LogP contribution in [0.2, 0.25) is 0 Å². The maximum absolute atomic E-state index is 14.2. The number of nitrogens with zero attached hydrogens (tertiary/aromatic N) is 2. The highest BCUT2D eigenvalue weighted by Crippen LogP contribution is 2.39. The van der Waals surface area contributed by atoms with Crippen molar-refractivity contribution in [2.24, 2.45) is 0 Å². The molecule has 182 valence electrons. The average molecular weight is 469 g/mol. The number of likely N-dealkylation sites (N-methyl/N-ethyl adjacent to an activating group) is 1. The quantitative estimate of drug-likeness (QED) is 0.311. The molecule has 6 nitrogen and oxygen atoms in total. The predicted molar refractivity (Wildman–Crippen MR) is 130 cm³/mol. The van der Waals surface area contributed by atoms with Crippen LogP contribution in [0.5, 0.6) is 5.75 Å². The Morgan fingerprint density at radius 2 is 1.76 bits per heavy atom. The monoisotopic (exact) mass is 468 g/mol. The second-order valence-corrected chi connectivity index (χ2v) is 8.40. The molecule has 1 amide bonds.